The van der Waals surface area contributed by atoms with E-state index in [-0.39, 0.29) is 23.1 Å². The highest BCUT2D eigenvalue weighted by molar-refractivity contribution is 7.91. The summed E-state index contributed by atoms with van der Waals surface area (Å²) in [6, 6.07) is -0.382. The number of sulfone groups is 1. The van der Waals surface area contributed by atoms with Crippen molar-refractivity contribution in [3.05, 3.63) is 27.4 Å². The lowest BCUT2D eigenvalue weighted by atomic mass is 10.1. The summed E-state index contributed by atoms with van der Waals surface area (Å²) < 4.78 is 22.9. The van der Waals surface area contributed by atoms with Gasteiger partial charge in [-0.15, -0.1) is 0 Å². The molecule has 0 spiro atoms. The molecule has 1 N–H and O–H groups in total. The lowest BCUT2D eigenvalue weighted by Crippen LogP contribution is -2.41. The summed E-state index contributed by atoms with van der Waals surface area (Å²) in [5.41, 5.74) is -0.168. The predicted octanol–water partition coefficient (Wildman–Crippen LogP) is -0.354. The van der Waals surface area contributed by atoms with Gasteiger partial charge in [-0.3, -0.25) is 9.59 Å². The number of H-pyrrole nitrogens is 1. The zero-order valence-corrected chi connectivity index (χ0v) is 12.5. The van der Waals surface area contributed by atoms with Crippen molar-refractivity contribution >= 4 is 15.7 Å². The highest BCUT2D eigenvalue weighted by atomic mass is 32.2. The number of aryl methyl sites for hydroxylation is 2. The molecule has 1 amide bonds. The van der Waals surface area contributed by atoms with Crippen LogP contribution in [0.25, 0.3) is 0 Å². The molecule has 2 rings (SSSR count). The smallest absolute Gasteiger partial charge is 0.264 e. The van der Waals surface area contributed by atoms with Crippen LogP contribution in [0.15, 0.2) is 4.79 Å². The Kier molecular flexibility index (Phi) is 3.68. The van der Waals surface area contributed by atoms with E-state index in [1.807, 2.05) is 0 Å². The molecule has 1 atom stereocenters. The normalized spacial score (nSPS) is 20.9. The number of hydrogen-bond acceptors (Lipinski definition) is 5. The van der Waals surface area contributed by atoms with Crippen LogP contribution in [-0.4, -0.2) is 53.8 Å². The second kappa shape index (κ2) is 5.01. The highest BCUT2D eigenvalue weighted by Crippen LogP contribution is 2.18. The summed E-state index contributed by atoms with van der Waals surface area (Å²) in [7, 11) is -1.56. The van der Waals surface area contributed by atoms with Crippen LogP contribution >= 0.6 is 0 Å². The van der Waals surface area contributed by atoms with Gasteiger partial charge in [-0.05, 0) is 20.3 Å². The van der Waals surface area contributed by atoms with Gasteiger partial charge in [0.05, 0.1) is 17.2 Å². The summed E-state index contributed by atoms with van der Waals surface area (Å²) in [4.78, 5) is 32.1. The highest BCUT2D eigenvalue weighted by Gasteiger charge is 2.34. The van der Waals surface area contributed by atoms with Crippen LogP contribution in [-0.2, 0) is 9.84 Å². The fourth-order valence-corrected chi connectivity index (χ4v) is 4.18. The Morgan fingerprint density at radius 3 is 2.55 bits per heavy atom. The van der Waals surface area contributed by atoms with Crippen LogP contribution in [0.5, 0.6) is 0 Å². The molecule has 1 saturated heterocycles. The molecule has 0 saturated carbocycles. The zero-order chi connectivity index (χ0) is 15.1. The average Bonchev–Trinajstić information content (AvgIpc) is 2.67. The molecule has 0 bridgehead atoms. The largest absolute Gasteiger partial charge is 0.337 e. The van der Waals surface area contributed by atoms with E-state index < -0.39 is 21.3 Å². The number of nitrogens with zero attached hydrogens (tertiary/aromatic N) is 2. The van der Waals surface area contributed by atoms with Crippen molar-refractivity contribution in [3.63, 3.8) is 0 Å². The molecule has 1 aliphatic rings. The number of aromatic nitrogens is 2. The van der Waals surface area contributed by atoms with Crippen molar-refractivity contribution < 1.29 is 13.2 Å². The van der Waals surface area contributed by atoms with Gasteiger partial charge in [0.15, 0.2) is 9.84 Å². The van der Waals surface area contributed by atoms with Crippen LogP contribution in [0, 0.1) is 13.8 Å². The molecule has 1 aliphatic heterocycles. The Morgan fingerprint density at radius 2 is 2.05 bits per heavy atom. The van der Waals surface area contributed by atoms with Gasteiger partial charge in [0.25, 0.3) is 11.5 Å². The molecule has 7 nitrogen and oxygen atoms in total. The molecule has 1 unspecified atom stereocenters. The molecule has 0 radical (unpaired) electrons. The van der Waals surface area contributed by atoms with E-state index in [0.29, 0.717) is 17.9 Å². The first-order valence-electron chi connectivity index (χ1n) is 6.26. The number of rotatable bonds is 2. The van der Waals surface area contributed by atoms with Crippen molar-refractivity contribution in [2.24, 2.45) is 0 Å². The second-order valence-corrected chi connectivity index (χ2v) is 7.31. The lowest BCUT2D eigenvalue weighted by Gasteiger charge is -2.23. The van der Waals surface area contributed by atoms with Crippen molar-refractivity contribution in [2.75, 3.05) is 18.6 Å². The summed E-state index contributed by atoms with van der Waals surface area (Å²) in [5, 5.41) is 0. The van der Waals surface area contributed by atoms with Gasteiger partial charge in [-0.25, -0.2) is 13.4 Å². The molecule has 1 aromatic rings. The van der Waals surface area contributed by atoms with E-state index in [1.165, 1.54) is 11.9 Å². The SMILES string of the molecule is Cc1nc(C)c(C(=O)N(C)C2CCS(=O)(=O)C2)c(=O)[nH]1. The number of carbonyl (C=O) groups is 1. The fourth-order valence-electron chi connectivity index (χ4n) is 2.40. The minimum absolute atomic E-state index is 0.0256. The number of nitrogens with one attached hydrogen (secondary N) is 1. The van der Waals surface area contributed by atoms with E-state index in [2.05, 4.69) is 9.97 Å². The third-order valence-electron chi connectivity index (χ3n) is 3.51. The molecule has 110 valence electrons. The Balaban J connectivity index is 2.31. The van der Waals surface area contributed by atoms with E-state index in [9.17, 15) is 18.0 Å². The maximum absolute atomic E-state index is 12.4. The molecule has 0 aliphatic carbocycles. The molecule has 1 aromatic heterocycles. The Labute approximate surface area is 116 Å². The number of hydrogen-bond donors (Lipinski definition) is 1. The van der Waals surface area contributed by atoms with Crippen molar-refractivity contribution in [2.45, 2.75) is 26.3 Å². The molecule has 1 fully saturated rings. The number of amides is 1. The quantitative estimate of drug-likeness (QED) is 0.804. The van der Waals surface area contributed by atoms with Crippen LogP contribution in [0.1, 0.15) is 28.3 Å². The minimum atomic E-state index is -3.08. The van der Waals surface area contributed by atoms with Gasteiger partial charge in [0.1, 0.15) is 11.4 Å². The van der Waals surface area contributed by atoms with E-state index in [4.69, 9.17) is 0 Å². The lowest BCUT2D eigenvalue weighted by molar-refractivity contribution is 0.0744. The van der Waals surface area contributed by atoms with Crippen LogP contribution in [0.3, 0.4) is 0 Å². The molecular weight excluding hydrogens is 282 g/mol. The first-order chi connectivity index (χ1) is 9.21. The van der Waals surface area contributed by atoms with Crippen LogP contribution in [0.4, 0.5) is 0 Å². The molecule has 20 heavy (non-hydrogen) atoms. The number of aromatic amines is 1. The Hall–Kier alpha value is -1.70. The molecule has 0 aromatic carbocycles. The van der Waals surface area contributed by atoms with Gasteiger partial charge < -0.3 is 9.88 Å². The zero-order valence-electron chi connectivity index (χ0n) is 11.6. The monoisotopic (exact) mass is 299 g/mol. The van der Waals surface area contributed by atoms with Gasteiger partial charge in [-0.2, -0.15) is 0 Å². The van der Waals surface area contributed by atoms with Gasteiger partial charge in [0.2, 0.25) is 0 Å². The topological polar surface area (TPSA) is 100 Å². The van der Waals surface area contributed by atoms with Gasteiger partial charge in [-0.1, -0.05) is 0 Å². The third-order valence-corrected chi connectivity index (χ3v) is 5.26. The van der Waals surface area contributed by atoms with Crippen LogP contribution < -0.4 is 5.56 Å². The second-order valence-electron chi connectivity index (χ2n) is 5.08. The maximum atomic E-state index is 12.4. The van der Waals surface area contributed by atoms with Gasteiger partial charge in [0, 0.05) is 13.1 Å². The third kappa shape index (κ3) is 2.74. The maximum Gasteiger partial charge on any atom is 0.264 e. The summed E-state index contributed by atoms with van der Waals surface area (Å²) in [5.74, 6) is -0.0177. The first kappa shape index (κ1) is 14.7. The first-order valence-corrected chi connectivity index (χ1v) is 8.08. The van der Waals surface area contributed by atoms with E-state index >= 15 is 0 Å². The molecule has 8 heteroatoms. The fraction of sp³-hybridized carbons (Fsp3) is 0.583. The minimum Gasteiger partial charge on any atom is -0.337 e. The summed E-state index contributed by atoms with van der Waals surface area (Å²) in [6.45, 7) is 3.23. The summed E-state index contributed by atoms with van der Waals surface area (Å²) >= 11 is 0. The number of carbonyl (C=O) groups excluding carboxylic acids is 1. The van der Waals surface area contributed by atoms with Crippen molar-refractivity contribution in [3.8, 4) is 0 Å². The Morgan fingerprint density at radius 1 is 1.40 bits per heavy atom. The molecule has 2 heterocycles. The average molecular weight is 299 g/mol. The van der Waals surface area contributed by atoms with Crippen molar-refractivity contribution in [1.82, 2.24) is 14.9 Å². The van der Waals surface area contributed by atoms with E-state index in [0.717, 1.165) is 0 Å². The summed E-state index contributed by atoms with van der Waals surface area (Å²) in [6.07, 6.45) is 0.404. The van der Waals surface area contributed by atoms with E-state index in [1.54, 1.807) is 13.8 Å². The predicted molar refractivity (Wildman–Crippen MR) is 73.5 cm³/mol. The molecular formula is C12H17N3O4S. The Bertz CT molecular complexity index is 708. The van der Waals surface area contributed by atoms with Crippen LogP contribution in [0.2, 0.25) is 0 Å². The van der Waals surface area contributed by atoms with Gasteiger partial charge >= 0.3 is 0 Å². The standard InChI is InChI=1S/C12H17N3O4S/c1-7-10(11(16)14-8(2)13-7)12(17)15(3)9-4-5-20(18,19)6-9/h9H,4-6H2,1-3H3,(H,13,14,16). The van der Waals surface area contributed by atoms with Crippen molar-refractivity contribution in [1.29, 1.82) is 0 Å².